The summed E-state index contributed by atoms with van der Waals surface area (Å²) in [4.78, 5) is 20.7. The maximum absolute atomic E-state index is 14.0. The number of ether oxygens (including phenoxy) is 1. The van der Waals surface area contributed by atoms with E-state index in [2.05, 4.69) is 24.8 Å². The van der Waals surface area contributed by atoms with E-state index in [1.807, 2.05) is 11.9 Å². The van der Waals surface area contributed by atoms with Crippen molar-refractivity contribution in [2.75, 3.05) is 32.1 Å². The van der Waals surface area contributed by atoms with Crippen molar-refractivity contribution in [1.29, 1.82) is 0 Å². The van der Waals surface area contributed by atoms with E-state index >= 15 is 0 Å². The highest BCUT2D eigenvalue weighted by atomic mass is 19.1. The van der Waals surface area contributed by atoms with Crippen LogP contribution < -0.4 is 9.64 Å². The Balaban J connectivity index is 1.67. The summed E-state index contributed by atoms with van der Waals surface area (Å²) in [5.41, 5.74) is 0.983. The maximum Gasteiger partial charge on any atom is 0.228 e. The zero-order chi connectivity index (χ0) is 16.9. The molecule has 0 unspecified atom stereocenters. The SMILES string of the molecule is COc1ccnc(N(C)C[C@@H]2C[C@H](F)CN2Cc2cncnc2)n1. The van der Waals surface area contributed by atoms with E-state index in [1.165, 1.54) is 6.33 Å². The molecule has 2 atom stereocenters. The zero-order valence-corrected chi connectivity index (χ0v) is 13.8. The van der Waals surface area contributed by atoms with Crippen LogP contribution in [-0.4, -0.2) is 64.3 Å². The summed E-state index contributed by atoms with van der Waals surface area (Å²) in [7, 11) is 3.48. The minimum Gasteiger partial charge on any atom is -0.481 e. The standard InChI is InChI=1S/C16H21FN6O/c1-22(16-20-4-3-15(21-16)24-2)10-14-5-13(17)9-23(14)8-12-6-18-11-19-7-12/h3-4,6-7,11,13-14H,5,8-10H2,1-2H3/t13-,14-/m0/s1. The highest BCUT2D eigenvalue weighted by molar-refractivity contribution is 5.31. The number of aromatic nitrogens is 4. The molecule has 128 valence electrons. The van der Waals surface area contributed by atoms with Gasteiger partial charge in [-0.15, -0.1) is 0 Å². The molecule has 7 nitrogen and oxygen atoms in total. The van der Waals surface area contributed by atoms with E-state index in [9.17, 15) is 4.39 Å². The number of hydrogen-bond donors (Lipinski definition) is 0. The van der Waals surface area contributed by atoms with Gasteiger partial charge in [-0.05, 0) is 6.42 Å². The lowest BCUT2D eigenvalue weighted by molar-refractivity contribution is 0.236. The Morgan fingerprint density at radius 2 is 2.17 bits per heavy atom. The molecule has 24 heavy (non-hydrogen) atoms. The lowest BCUT2D eigenvalue weighted by Crippen LogP contribution is -2.39. The number of likely N-dealkylation sites (N-methyl/N-ethyl adjacent to an activating group) is 1. The molecule has 0 aliphatic carbocycles. The first-order valence-corrected chi connectivity index (χ1v) is 7.86. The lowest BCUT2D eigenvalue weighted by atomic mass is 10.2. The lowest BCUT2D eigenvalue weighted by Gasteiger charge is -2.28. The molecule has 0 aromatic carbocycles. The highest BCUT2D eigenvalue weighted by Crippen LogP contribution is 2.24. The van der Waals surface area contributed by atoms with Gasteiger partial charge in [-0.25, -0.2) is 19.3 Å². The summed E-state index contributed by atoms with van der Waals surface area (Å²) in [5, 5.41) is 0. The number of nitrogens with zero attached hydrogens (tertiary/aromatic N) is 6. The van der Waals surface area contributed by atoms with Crippen molar-refractivity contribution in [3.05, 3.63) is 36.5 Å². The maximum atomic E-state index is 14.0. The number of hydrogen-bond acceptors (Lipinski definition) is 7. The molecule has 2 aromatic rings. The smallest absolute Gasteiger partial charge is 0.228 e. The third-order valence-electron chi connectivity index (χ3n) is 4.13. The summed E-state index contributed by atoms with van der Waals surface area (Å²) < 4.78 is 19.1. The van der Waals surface area contributed by atoms with Crippen LogP contribution in [0.25, 0.3) is 0 Å². The Hall–Kier alpha value is -2.35. The van der Waals surface area contributed by atoms with E-state index in [1.54, 1.807) is 31.8 Å². The number of alkyl halides is 1. The van der Waals surface area contributed by atoms with E-state index < -0.39 is 6.17 Å². The van der Waals surface area contributed by atoms with Gasteiger partial charge in [0.2, 0.25) is 11.8 Å². The highest BCUT2D eigenvalue weighted by Gasteiger charge is 2.33. The third-order valence-corrected chi connectivity index (χ3v) is 4.13. The van der Waals surface area contributed by atoms with Crippen molar-refractivity contribution < 1.29 is 9.13 Å². The molecule has 0 saturated carbocycles. The van der Waals surface area contributed by atoms with Crippen LogP contribution >= 0.6 is 0 Å². The van der Waals surface area contributed by atoms with Gasteiger partial charge in [0.15, 0.2) is 0 Å². The molecule has 0 spiro atoms. The molecule has 0 radical (unpaired) electrons. The van der Waals surface area contributed by atoms with Gasteiger partial charge in [-0.1, -0.05) is 0 Å². The Morgan fingerprint density at radius 1 is 1.38 bits per heavy atom. The summed E-state index contributed by atoms with van der Waals surface area (Å²) in [5.74, 6) is 1.08. The van der Waals surface area contributed by atoms with Crippen LogP contribution in [0.3, 0.4) is 0 Å². The molecule has 1 saturated heterocycles. The second kappa shape index (κ2) is 7.48. The van der Waals surface area contributed by atoms with Gasteiger partial charge in [0.25, 0.3) is 0 Å². The number of methoxy groups -OCH3 is 1. The number of anilines is 1. The van der Waals surface area contributed by atoms with Crippen molar-refractivity contribution in [3.8, 4) is 5.88 Å². The van der Waals surface area contributed by atoms with Crippen molar-refractivity contribution in [2.24, 2.45) is 0 Å². The normalized spacial score (nSPS) is 21.0. The van der Waals surface area contributed by atoms with Gasteiger partial charge in [-0.3, -0.25) is 4.90 Å². The van der Waals surface area contributed by atoms with Crippen LogP contribution in [-0.2, 0) is 6.54 Å². The van der Waals surface area contributed by atoms with Gasteiger partial charge >= 0.3 is 0 Å². The first-order chi connectivity index (χ1) is 11.7. The molecule has 3 rings (SSSR count). The minimum atomic E-state index is -0.820. The topological polar surface area (TPSA) is 67.3 Å². The summed E-state index contributed by atoms with van der Waals surface area (Å²) in [6, 6.07) is 1.78. The molecule has 1 aliphatic rings. The molecule has 1 aliphatic heterocycles. The molecule has 0 N–H and O–H groups in total. The average molecular weight is 332 g/mol. The van der Waals surface area contributed by atoms with Crippen molar-refractivity contribution in [1.82, 2.24) is 24.8 Å². The third kappa shape index (κ3) is 3.94. The zero-order valence-electron chi connectivity index (χ0n) is 13.8. The molecule has 0 bridgehead atoms. The second-order valence-electron chi connectivity index (χ2n) is 5.94. The fourth-order valence-corrected chi connectivity index (χ4v) is 2.98. The fraction of sp³-hybridized carbons (Fsp3) is 0.500. The second-order valence-corrected chi connectivity index (χ2v) is 5.94. The Kier molecular flexibility index (Phi) is 5.14. The summed E-state index contributed by atoms with van der Waals surface area (Å²) in [6.07, 6.45) is 6.37. The van der Waals surface area contributed by atoms with Crippen LogP contribution in [0.2, 0.25) is 0 Å². The Labute approximate surface area is 140 Å². The fourth-order valence-electron chi connectivity index (χ4n) is 2.98. The van der Waals surface area contributed by atoms with Crippen LogP contribution in [0.1, 0.15) is 12.0 Å². The molecule has 8 heteroatoms. The number of halogens is 1. The van der Waals surface area contributed by atoms with Gasteiger partial charge in [0.1, 0.15) is 12.5 Å². The molecular weight excluding hydrogens is 311 g/mol. The molecule has 2 aromatic heterocycles. The van der Waals surface area contributed by atoms with E-state index in [0.29, 0.717) is 37.9 Å². The van der Waals surface area contributed by atoms with Crippen LogP contribution in [0.5, 0.6) is 5.88 Å². The predicted octanol–water partition coefficient (Wildman–Crippen LogP) is 1.32. The first kappa shape index (κ1) is 16.5. The van der Waals surface area contributed by atoms with Crippen molar-refractivity contribution >= 4 is 5.95 Å². The predicted molar refractivity (Wildman–Crippen MR) is 87.6 cm³/mol. The van der Waals surface area contributed by atoms with Crippen molar-refractivity contribution in [2.45, 2.75) is 25.2 Å². The first-order valence-electron chi connectivity index (χ1n) is 7.86. The largest absolute Gasteiger partial charge is 0.481 e. The molecule has 1 fully saturated rings. The van der Waals surface area contributed by atoms with Gasteiger partial charge < -0.3 is 9.64 Å². The number of likely N-dealkylation sites (tertiary alicyclic amines) is 1. The average Bonchev–Trinajstić information content (AvgIpc) is 2.94. The van der Waals surface area contributed by atoms with E-state index in [0.717, 1.165) is 5.56 Å². The van der Waals surface area contributed by atoms with E-state index in [-0.39, 0.29) is 6.04 Å². The Morgan fingerprint density at radius 3 is 2.92 bits per heavy atom. The molecule has 0 amide bonds. The summed E-state index contributed by atoms with van der Waals surface area (Å²) >= 11 is 0. The van der Waals surface area contributed by atoms with E-state index in [4.69, 9.17) is 4.74 Å². The van der Waals surface area contributed by atoms with Gasteiger partial charge in [0, 0.05) is 62.9 Å². The van der Waals surface area contributed by atoms with Crippen LogP contribution in [0.4, 0.5) is 10.3 Å². The number of rotatable bonds is 6. The minimum absolute atomic E-state index is 0.0833. The quantitative estimate of drug-likeness (QED) is 0.790. The van der Waals surface area contributed by atoms with Gasteiger partial charge in [0.05, 0.1) is 7.11 Å². The van der Waals surface area contributed by atoms with Crippen molar-refractivity contribution in [3.63, 3.8) is 0 Å². The molecular formula is C16H21FN6O. The monoisotopic (exact) mass is 332 g/mol. The van der Waals surface area contributed by atoms with Gasteiger partial charge in [-0.2, -0.15) is 4.98 Å². The molecule has 3 heterocycles. The summed E-state index contributed by atoms with van der Waals surface area (Å²) in [6.45, 7) is 1.70. The van der Waals surface area contributed by atoms with Crippen LogP contribution in [0, 0.1) is 0 Å². The Bertz CT molecular complexity index is 658. The van der Waals surface area contributed by atoms with Crippen LogP contribution in [0.15, 0.2) is 31.0 Å².